The van der Waals surface area contributed by atoms with Crippen molar-refractivity contribution >= 4 is 28.8 Å². The maximum absolute atomic E-state index is 11.2. The Morgan fingerprint density at radius 3 is 2.64 bits per heavy atom. The molecule has 0 bridgehead atoms. The highest BCUT2D eigenvalue weighted by Crippen LogP contribution is 2.29. The zero-order chi connectivity index (χ0) is 24.4. The molecule has 2 aromatic rings. The molecule has 2 rings (SSSR count). The molecule has 2 atom stereocenters. The van der Waals surface area contributed by atoms with Crippen LogP contribution in [0.3, 0.4) is 0 Å². The van der Waals surface area contributed by atoms with Crippen molar-refractivity contribution in [3.8, 4) is 5.75 Å². The lowest BCUT2D eigenvalue weighted by molar-refractivity contribution is -0.136. The molecule has 1 unspecified atom stereocenters. The van der Waals surface area contributed by atoms with Gasteiger partial charge in [0, 0.05) is 29.5 Å². The van der Waals surface area contributed by atoms with Gasteiger partial charge in [0.1, 0.15) is 11.6 Å². The van der Waals surface area contributed by atoms with Crippen LogP contribution < -0.4 is 15.8 Å². The molecule has 5 N–H and O–H groups in total. The summed E-state index contributed by atoms with van der Waals surface area (Å²) >= 11 is -1.81. The summed E-state index contributed by atoms with van der Waals surface area (Å²) < 4.78 is 25.7. The number of hydrogen-bond donors (Lipinski definition) is 4. The van der Waals surface area contributed by atoms with Gasteiger partial charge < -0.3 is 25.4 Å². The van der Waals surface area contributed by atoms with E-state index < -0.39 is 17.0 Å². The zero-order valence-electron chi connectivity index (χ0n) is 19.5. The lowest BCUT2D eigenvalue weighted by atomic mass is 9.99. The number of benzene rings is 1. The normalized spacial score (nSPS) is 12.8. The number of aliphatic carboxylic acids is 1. The van der Waals surface area contributed by atoms with Crippen molar-refractivity contribution in [2.24, 2.45) is 0 Å². The molecular weight excluding hydrogens is 444 g/mol. The van der Waals surface area contributed by atoms with Gasteiger partial charge in [-0.1, -0.05) is 31.9 Å². The molecule has 1 heterocycles. The second kappa shape index (κ2) is 13.1. The summed E-state index contributed by atoms with van der Waals surface area (Å²) in [4.78, 5) is 20.0. The Bertz CT molecular complexity index is 970. The van der Waals surface area contributed by atoms with Crippen molar-refractivity contribution in [1.82, 2.24) is 9.97 Å². The number of carboxylic acids is 1. The number of anilines is 2. The quantitative estimate of drug-likeness (QED) is 0.299. The third kappa shape index (κ3) is 8.62. The molecule has 182 valence electrons. The average molecular weight is 479 g/mol. The molecule has 10 heteroatoms. The Morgan fingerprint density at radius 2 is 2.00 bits per heavy atom. The monoisotopic (exact) mass is 478 g/mol. The molecule has 33 heavy (non-hydrogen) atoms. The lowest BCUT2D eigenvalue weighted by Gasteiger charge is -2.22. The minimum Gasteiger partial charge on any atom is -0.496 e. The van der Waals surface area contributed by atoms with Gasteiger partial charge in [-0.25, -0.2) is 9.19 Å². The number of rotatable bonds is 14. The van der Waals surface area contributed by atoms with Crippen molar-refractivity contribution in [3.05, 3.63) is 40.6 Å². The van der Waals surface area contributed by atoms with E-state index in [1.807, 2.05) is 13.0 Å². The fraction of sp³-hybridized carbons (Fsp3) is 0.522. The minimum absolute atomic E-state index is 0.0705. The molecule has 0 aliphatic rings. The summed E-state index contributed by atoms with van der Waals surface area (Å²) in [6, 6.07) is 5.42. The van der Waals surface area contributed by atoms with Gasteiger partial charge in [-0.3, -0.25) is 4.79 Å². The standard InChI is InChI=1S/C23H34N4O5S/c1-4-5-7-18(8-6-11-33(30)31)26-22-19(15(2)25-23(24)27-22)14-17-12-16(13-21(28)29)9-10-20(17)32-3/h9-10,12,18H,4-8,11,13-14H2,1-3H3,(H,28,29)(H,30,31)(H3,24,25,26,27)/t18-/m0/s1. The van der Waals surface area contributed by atoms with Gasteiger partial charge in [0.05, 0.1) is 13.5 Å². The first-order valence-electron chi connectivity index (χ1n) is 11.1. The number of aromatic nitrogens is 2. The second-order valence-electron chi connectivity index (χ2n) is 8.04. The minimum atomic E-state index is -1.81. The second-order valence-corrected chi connectivity index (χ2v) is 9.09. The summed E-state index contributed by atoms with van der Waals surface area (Å²) in [5, 5.41) is 12.7. The topological polar surface area (TPSA) is 148 Å². The van der Waals surface area contributed by atoms with Crippen LogP contribution >= 0.6 is 0 Å². The molecule has 0 fully saturated rings. The highest BCUT2D eigenvalue weighted by Gasteiger charge is 2.18. The number of nitrogens with two attached hydrogens (primary N) is 1. The number of unbranched alkanes of at least 4 members (excludes halogenated alkanes) is 1. The fourth-order valence-corrected chi connectivity index (χ4v) is 4.19. The van der Waals surface area contributed by atoms with E-state index in [1.54, 1.807) is 19.2 Å². The van der Waals surface area contributed by atoms with Crippen molar-refractivity contribution < 1.29 is 23.4 Å². The average Bonchev–Trinajstić information content (AvgIpc) is 2.73. The number of aryl methyl sites for hydroxylation is 1. The molecule has 0 saturated heterocycles. The van der Waals surface area contributed by atoms with E-state index in [2.05, 4.69) is 22.2 Å². The van der Waals surface area contributed by atoms with Crippen LogP contribution in [0.4, 0.5) is 11.8 Å². The van der Waals surface area contributed by atoms with E-state index >= 15 is 0 Å². The summed E-state index contributed by atoms with van der Waals surface area (Å²) in [7, 11) is 1.58. The van der Waals surface area contributed by atoms with Crippen LogP contribution in [0.15, 0.2) is 18.2 Å². The number of ether oxygens (including phenoxy) is 1. The van der Waals surface area contributed by atoms with Crippen LogP contribution in [0.25, 0.3) is 0 Å². The molecule has 1 aromatic heterocycles. The van der Waals surface area contributed by atoms with Crippen molar-refractivity contribution in [2.75, 3.05) is 23.9 Å². The van der Waals surface area contributed by atoms with Gasteiger partial charge in [0.2, 0.25) is 5.95 Å². The SMILES string of the molecule is CCCC[C@@H](CCCS(=O)O)Nc1nc(N)nc(C)c1Cc1cc(CC(=O)O)ccc1OC. The maximum Gasteiger partial charge on any atom is 0.307 e. The number of nitrogens with one attached hydrogen (secondary N) is 1. The smallest absolute Gasteiger partial charge is 0.307 e. The maximum atomic E-state index is 11.2. The van der Waals surface area contributed by atoms with Crippen LogP contribution in [0.5, 0.6) is 5.75 Å². The molecule has 0 saturated carbocycles. The van der Waals surface area contributed by atoms with Gasteiger partial charge in [-0.15, -0.1) is 0 Å². The van der Waals surface area contributed by atoms with Crippen LogP contribution in [0.1, 0.15) is 61.4 Å². The lowest BCUT2D eigenvalue weighted by Crippen LogP contribution is -2.23. The molecule has 1 aromatic carbocycles. The van der Waals surface area contributed by atoms with Crippen LogP contribution in [-0.4, -0.2) is 48.7 Å². The van der Waals surface area contributed by atoms with Gasteiger partial charge >= 0.3 is 5.97 Å². The van der Waals surface area contributed by atoms with E-state index in [-0.39, 0.29) is 24.2 Å². The Labute approximate surface area is 197 Å². The third-order valence-electron chi connectivity index (χ3n) is 5.42. The zero-order valence-corrected chi connectivity index (χ0v) is 20.3. The Hall–Kier alpha value is -2.72. The Morgan fingerprint density at radius 1 is 1.27 bits per heavy atom. The molecule has 0 aliphatic heterocycles. The van der Waals surface area contributed by atoms with Crippen LogP contribution in [-0.2, 0) is 28.7 Å². The largest absolute Gasteiger partial charge is 0.496 e. The Kier molecular flexibility index (Phi) is 10.5. The molecule has 0 aliphatic carbocycles. The predicted molar refractivity (Wildman–Crippen MR) is 130 cm³/mol. The molecule has 0 spiro atoms. The summed E-state index contributed by atoms with van der Waals surface area (Å²) in [6.07, 6.45) is 4.65. The molecule has 9 nitrogen and oxygen atoms in total. The molecule has 0 amide bonds. The first-order valence-corrected chi connectivity index (χ1v) is 12.4. The van der Waals surface area contributed by atoms with Crippen LogP contribution in [0, 0.1) is 6.92 Å². The number of nitrogens with zero attached hydrogens (tertiary/aromatic N) is 2. The number of nitrogen functional groups attached to an aromatic ring is 1. The number of carboxylic acid groups (broad SMARTS) is 1. The number of methoxy groups -OCH3 is 1. The predicted octanol–water partition coefficient (Wildman–Crippen LogP) is 3.57. The Balaban J connectivity index is 2.36. The van der Waals surface area contributed by atoms with E-state index in [9.17, 15) is 9.00 Å². The van der Waals surface area contributed by atoms with E-state index in [1.165, 1.54) is 0 Å². The van der Waals surface area contributed by atoms with Crippen molar-refractivity contribution in [1.29, 1.82) is 0 Å². The van der Waals surface area contributed by atoms with E-state index in [0.29, 0.717) is 30.0 Å². The van der Waals surface area contributed by atoms with Crippen molar-refractivity contribution in [3.63, 3.8) is 0 Å². The number of hydrogen-bond acceptors (Lipinski definition) is 7. The van der Waals surface area contributed by atoms with E-state index in [0.717, 1.165) is 42.5 Å². The first-order chi connectivity index (χ1) is 15.7. The van der Waals surface area contributed by atoms with Gasteiger partial charge in [0.15, 0.2) is 11.1 Å². The van der Waals surface area contributed by atoms with Gasteiger partial charge in [-0.2, -0.15) is 4.98 Å². The van der Waals surface area contributed by atoms with Crippen molar-refractivity contribution in [2.45, 2.75) is 64.8 Å². The molecular formula is C23H34N4O5S. The summed E-state index contributed by atoms with van der Waals surface area (Å²) in [5.74, 6) is 0.769. The highest BCUT2D eigenvalue weighted by molar-refractivity contribution is 7.79. The highest BCUT2D eigenvalue weighted by atomic mass is 32.2. The first kappa shape index (κ1) is 26.5. The molecule has 0 radical (unpaired) electrons. The van der Waals surface area contributed by atoms with Crippen LogP contribution in [0.2, 0.25) is 0 Å². The van der Waals surface area contributed by atoms with Gasteiger partial charge in [-0.05, 0) is 43.4 Å². The fourth-order valence-electron chi connectivity index (χ4n) is 3.78. The van der Waals surface area contributed by atoms with E-state index in [4.69, 9.17) is 20.1 Å². The summed E-state index contributed by atoms with van der Waals surface area (Å²) in [5.41, 5.74) is 9.03. The third-order valence-corrected chi connectivity index (χ3v) is 6.06. The summed E-state index contributed by atoms with van der Waals surface area (Å²) in [6.45, 7) is 3.98. The van der Waals surface area contributed by atoms with Gasteiger partial charge in [0.25, 0.3) is 0 Å². The number of carbonyl (C=O) groups is 1.